The van der Waals surface area contributed by atoms with Crippen LogP contribution in [0.2, 0.25) is 0 Å². The molecule has 0 aromatic heterocycles. The van der Waals surface area contributed by atoms with Gasteiger partial charge in [-0.1, -0.05) is 54.6 Å². The lowest BCUT2D eigenvalue weighted by molar-refractivity contribution is -0.139. The number of nitrogens with one attached hydrogen (secondary N) is 1. The van der Waals surface area contributed by atoms with Crippen LogP contribution in [0.3, 0.4) is 0 Å². The molecule has 0 fully saturated rings. The molecular weight excluding hydrogens is 414 g/mol. The number of sulfonamides is 1. The number of carboxylic acid groups (broad SMARTS) is 1. The number of carbonyl (C=O) groups is 1. The maximum absolute atomic E-state index is 12.6. The van der Waals surface area contributed by atoms with Gasteiger partial charge in [-0.25, -0.2) is 17.9 Å². The molecule has 0 bridgehead atoms. The maximum atomic E-state index is 12.6. The summed E-state index contributed by atoms with van der Waals surface area (Å²) in [7, 11) is -3.58. The van der Waals surface area contributed by atoms with E-state index in [2.05, 4.69) is 4.72 Å². The molecule has 7 heteroatoms. The number of hydrogen-bond donors (Lipinski definition) is 2. The average molecular weight is 438 g/mol. The lowest BCUT2D eigenvalue weighted by Crippen LogP contribution is -2.37. The average Bonchev–Trinajstić information content (AvgIpc) is 2.76. The van der Waals surface area contributed by atoms with E-state index in [0.717, 1.165) is 28.3 Å². The molecule has 4 rings (SSSR count). The molecule has 0 heterocycles. The van der Waals surface area contributed by atoms with E-state index in [-0.39, 0.29) is 6.04 Å². The van der Waals surface area contributed by atoms with Gasteiger partial charge in [0.1, 0.15) is 5.75 Å². The molecule has 1 atom stereocenters. The summed E-state index contributed by atoms with van der Waals surface area (Å²) in [5.74, 6) is -0.524. The van der Waals surface area contributed by atoms with Crippen molar-refractivity contribution in [3.05, 3.63) is 82.8 Å². The van der Waals surface area contributed by atoms with Crippen LogP contribution in [0, 0.1) is 0 Å². The number of carboxylic acids is 1. The van der Waals surface area contributed by atoms with E-state index in [1.54, 1.807) is 12.1 Å². The predicted octanol–water partition coefficient (Wildman–Crippen LogP) is 3.75. The number of hydrogen-bond acceptors (Lipinski definition) is 4. The Kier molecular flexibility index (Phi) is 6.06. The molecule has 3 aromatic carbocycles. The zero-order chi connectivity index (χ0) is 21.8. The number of aryl methyl sites for hydroxylation is 1. The lowest BCUT2D eigenvalue weighted by Gasteiger charge is -2.26. The second kappa shape index (κ2) is 8.91. The van der Waals surface area contributed by atoms with Crippen LogP contribution in [0.15, 0.2) is 66.1 Å². The molecule has 0 radical (unpaired) electrons. The molecule has 0 spiro atoms. The van der Waals surface area contributed by atoms with E-state index >= 15 is 0 Å². The minimum Gasteiger partial charge on any atom is -0.481 e. The molecule has 2 N–H and O–H groups in total. The van der Waals surface area contributed by atoms with Crippen molar-refractivity contribution in [1.82, 2.24) is 4.72 Å². The van der Waals surface area contributed by atoms with E-state index in [1.807, 2.05) is 54.6 Å². The minimum absolute atomic E-state index is 0.216. The number of benzene rings is 3. The molecule has 3 aromatic rings. The van der Waals surface area contributed by atoms with Crippen molar-refractivity contribution >= 4 is 32.8 Å². The number of fused-ring (bicyclic) bond motifs is 3. The Balaban J connectivity index is 1.55. The first-order chi connectivity index (χ1) is 14.9. The van der Waals surface area contributed by atoms with Gasteiger partial charge in [0.25, 0.3) is 0 Å². The van der Waals surface area contributed by atoms with Crippen molar-refractivity contribution in [2.24, 2.45) is 0 Å². The maximum Gasteiger partial charge on any atom is 0.341 e. The van der Waals surface area contributed by atoms with Gasteiger partial charge in [-0.3, -0.25) is 0 Å². The van der Waals surface area contributed by atoms with Crippen LogP contribution in [0.25, 0.3) is 16.8 Å². The van der Waals surface area contributed by atoms with Crippen molar-refractivity contribution in [2.45, 2.75) is 25.3 Å². The first-order valence-corrected chi connectivity index (χ1v) is 11.6. The quantitative estimate of drug-likeness (QED) is 0.587. The standard InChI is InChI=1S/C24H23NO5S/c26-24(27)16-30-23-8-4-7-20-21(23)12-10-18-9-11-19(15-22(18)20)25-31(28,29)14-13-17-5-2-1-3-6-17/h1-8,10,12-14,19,25H,9,11,15-16H2,(H,26,27). The monoisotopic (exact) mass is 437 g/mol. The van der Waals surface area contributed by atoms with E-state index in [0.29, 0.717) is 18.6 Å². The Labute approximate surface area is 181 Å². The number of ether oxygens (including phenoxy) is 1. The topological polar surface area (TPSA) is 92.7 Å². The van der Waals surface area contributed by atoms with Crippen molar-refractivity contribution in [2.75, 3.05) is 6.61 Å². The summed E-state index contributed by atoms with van der Waals surface area (Å²) < 4.78 is 33.4. The predicted molar refractivity (Wildman–Crippen MR) is 120 cm³/mol. The highest BCUT2D eigenvalue weighted by Gasteiger charge is 2.24. The molecule has 0 aliphatic heterocycles. The van der Waals surface area contributed by atoms with Crippen LogP contribution >= 0.6 is 0 Å². The fourth-order valence-electron chi connectivity index (χ4n) is 3.96. The van der Waals surface area contributed by atoms with Crippen molar-refractivity contribution in [1.29, 1.82) is 0 Å². The first-order valence-electron chi connectivity index (χ1n) is 10.0. The molecule has 0 saturated heterocycles. The van der Waals surface area contributed by atoms with Crippen molar-refractivity contribution < 1.29 is 23.1 Å². The summed E-state index contributed by atoms with van der Waals surface area (Å²) >= 11 is 0. The normalized spacial score (nSPS) is 16.3. The lowest BCUT2D eigenvalue weighted by atomic mass is 9.85. The Hall–Kier alpha value is -3.16. The highest BCUT2D eigenvalue weighted by Crippen LogP contribution is 2.34. The van der Waals surface area contributed by atoms with Gasteiger partial charge >= 0.3 is 5.97 Å². The second-order valence-corrected chi connectivity index (χ2v) is 9.15. The fourth-order valence-corrected chi connectivity index (χ4v) is 5.04. The molecule has 0 saturated carbocycles. The first kappa shape index (κ1) is 21.1. The molecule has 6 nitrogen and oxygen atoms in total. The Morgan fingerprint density at radius 2 is 1.87 bits per heavy atom. The molecule has 1 aliphatic carbocycles. The van der Waals surface area contributed by atoms with Gasteiger partial charge in [0.15, 0.2) is 6.61 Å². The minimum atomic E-state index is -3.58. The molecular formula is C24H23NO5S. The zero-order valence-electron chi connectivity index (χ0n) is 16.8. The second-order valence-electron chi connectivity index (χ2n) is 7.55. The van der Waals surface area contributed by atoms with Crippen LogP contribution in [-0.4, -0.2) is 32.1 Å². The summed E-state index contributed by atoms with van der Waals surface area (Å²) in [5.41, 5.74) is 3.07. The van der Waals surface area contributed by atoms with Gasteiger partial charge in [0.05, 0.1) is 0 Å². The van der Waals surface area contributed by atoms with Crippen LogP contribution in [0.5, 0.6) is 5.75 Å². The van der Waals surface area contributed by atoms with Crippen molar-refractivity contribution in [3.63, 3.8) is 0 Å². The molecule has 160 valence electrons. The SMILES string of the molecule is O=C(O)COc1cccc2c3c(ccc12)CCC(NS(=O)(=O)C=Cc1ccccc1)C3. The molecule has 1 unspecified atom stereocenters. The smallest absolute Gasteiger partial charge is 0.341 e. The summed E-state index contributed by atoms with van der Waals surface area (Å²) in [6, 6.07) is 18.6. The van der Waals surface area contributed by atoms with Crippen molar-refractivity contribution in [3.8, 4) is 5.75 Å². The Bertz CT molecular complexity index is 1240. The highest BCUT2D eigenvalue weighted by atomic mass is 32.2. The number of rotatable bonds is 7. The Morgan fingerprint density at radius 3 is 2.65 bits per heavy atom. The third kappa shape index (κ3) is 5.13. The zero-order valence-corrected chi connectivity index (χ0v) is 17.6. The van der Waals surface area contributed by atoms with Gasteiger partial charge in [-0.2, -0.15) is 0 Å². The van der Waals surface area contributed by atoms with Gasteiger partial charge in [-0.15, -0.1) is 0 Å². The van der Waals surface area contributed by atoms with E-state index < -0.39 is 22.6 Å². The van der Waals surface area contributed by atoms with Crippen LogP contribution in [-0.2, 0) is 27.7 Å². The van der Waals surface area contributed by atoms with E-state index in [9.17, 15) is 13.2 Å². The third-order valence-electron chi connectivity index (χ3n) is 5.36. The molecule has 31 heavy (non-hydrogen) atoms. The summed E-state index contributed by atoms with van der Waals surface area (Å²) in [5, 5.41) is 11.9. The van der Waals surface area contributed by atoms with Gasteiger partial charge in [-0.05, 0) is 53.5 Å². The number of aliphatic carboxylic acids is 1. The summed E-state index contributed by atoms with van der Waals surface area (Å²) in [6.07, 6.45) is 3.63. The Morgan fingerprint density at radius 1 is 1.06 bits per heavy atom. The van der Waals surface area contributed by atoms with Crippen LogP contribution < -0.4 is 9.46 Å². The highest BCUT2D eigenvalue weighted by molar-refractivity contribution is 7.92. The van der Waals surface area contributed by atoms with E-state index in [1.165, 1.54) is 11.0 Å². The van der Waals surface area contributed by atoms with Gasteiger partial charge in [0, 0.05) is 16.8 Å². The fraction of sp³-hybridized carbons (Fsp3) is 0.208. The molecule has 1 aliphatic rings. The van der Waals surface area contributed by atoms with Gasteiger partial charge in [0.2, 0.25) is 10.0 Å². The van der Waals surface area contributed by atoms with Crippen LogP contribution in [0.1, 0.15) is 23.1 Å². The third-order valence-corrected chi connectivity index (χ3v) is 6.52. The largest absolute Gasteiger partial charge is 0.481 e. The van der Waals surface area contributed by atoms with Gasteiger partial charge < -0.3 is 9.84 Å². The van der Waals surface area contributed by atoms with E-state index in [4.69, 9.17) is 9.84 Å². The molecule has 0 amide bonds. The summed E-state index contributed by atoms with van der Waals surface area (Å²) in [6.45, 7) is -0.410. The summed E-state index contributed by atoms with van der Waals surface area (Å²) in [4.78, 5) is 10.9. The van der Waals surface area contributed by atoms with Crippen LogP contribution in [0.4, 0.5) is 0 Å².